The van der Waals surface area contributed by atoms with Crippen LogP contribution in [-0.4, -0.2) is 29.1 Å². The van der Waals surface area contributed by atoms with Crippen molar-refractivity contribution in [2.24, 2.45) is 0 Å². The minimum Gasteiger partial charge on any atom is -0.490 e. The molecule has 0 saturated carbocycles. The number of pyridine rings is 1. The first-order chi connectivity index (χ1) is 14.3. The molecule has 2 aromatic carbocycles. The smallest absolute Gasteiger partial charge is 0.270 e. The second-order valence-electron chi connectivity index (χ2n) is 8.19. The Kier molecular flexibility index (Phi) is 5.60. The molecule has 4 nitrogen and oxygen atoms in total. The van der Waals surface area contributed by atoms with Gasteiger partial charge in [-0.15, -0.1) is 0 Å². The number of benzene rings is 2. The molecule has 158 valence electrons. The molecule has 0 aliphatic carbocycles. The molecule has 30 heavy (non-hydrogen) atoms. The lowest BCUT2D eigenvalue weighted by Gasteiger charge is -2.32. The number of ether oxygens (including phenoxy) is 1. The van der Waals surface area contributed by atoms with Gasteiger partial charge in [-0.25, -0.2) is 8.78 Å². The summed E-state index contributed by atoms with van der Waals surface area (Å²) in [5, 5.41) is 1.58. The number of alkyl halides is 2. The summed E-state index contributed by atoms with van der Waals surface area (Å²) in [6.45, 7) is 5.42. The summed E-state index contributed by atoms with van der Waals surface area (Å²) in [4.78, 5) is 17.0. The van der Waals surface area contributed by atoms with Crippen molar-refractivity contribution in [3.8, 4) is 5.75 Å². The number of nitrogens with zero attached hydrogens (tertiary/aromatic N) is 1. The lowest BCUT2D eigenvalue weighted by molar-refractivity contribution is 0.0174. The Bertz CT molecular complexity index is 1080. The monoisotopic (exact) mass is 412 g/mol. The Hall–Kier alpha value is -2.73. The molecular weight excluding hydrogens is 386 g/mol. The summed E-state index contributed by atoms with van der Waals surface area (Å²) >= 11 is 0. The van der Waals surface area contributed by atoms with Crippen molar-refractivity contribution in [1.29, 1.82) is 0 Å². The lowest BCUT2D eigenvalue weighted by atomic mass is 10.0. The van der Waals surface area contributed by atoms with Crippen LogP contribution >= 0.6 is 0 Å². The van der Waals surface area contributed by atoms with Crippen molar-refractivity contribution in [3.05, 3.63) is 75.7 Å². The van der Waals surface area contributed by atoms with E-state index in [4.69, 9.17) is 4.74 Å². The van der Waals surface area contributed by atoms with Gasteiger partial charge in [0.25, 0.3) is 11.5 Å². The number of halogens is 2. The van der Waals surface area contributed by atoms with Gasteiger partial charge in [-0.2, -0.15) is 0 Å². The Morgan fingerprint density at radius 1 is 1.10 bits per heavy atom. The van der Waals surface area contributed by atoms with Crippen LogP contribution in [0.5, 0.6) is 5.75 Å². The average Bonchev–Trinajstić information content (AvgIpc) is 2.72. The number of fused-ring (bicyclic) bond motifs is 1. The quantitative estimate of drug-likeness (QED) is 0.642. The molecule has 0 unspecified atom stereocenters. The van der Waals surface area contributed by atoms with Crippen LogP contribution in [0.1, 0.15) is 36.5 Å². The van der Waals surface area contributed by atoms with Gasteiger partial charge in [-0.3, -0.25) is 9.69 Å². The van der Waals surface area contributed by atoms with E-state index in [2.05, 4.69) is 9.88 Å². The van der Waals surface area contributed by atoms with Crippen LogP contribution < -0.4 is 10.3 Å². The third kappa shape index (κ3) is 4.54. The normalized spacial score (nSPS) is 16.1. The van der Waals surface area contributed by atoms with Crippen LogP contribution in [0.15, 0.2) is 53.5 Å². The maximum Gasteiger partial charge on any atom is 0.270 e. The largest absolute Gasteiger partial charge is 0.490 e. The minimum atomic E-state index is -2.80. The fourth-order valence-corrected chi connectivity index (χ4v) is 3.99. The standard InChI is InChI=1S/C24H26F2N2O2/c1-16-14-27-23(29)21-8-7-20(13-22(16)21)30-19-9-11-28(12-10-19)15-17-3-5-18(6-4-17)24(2,25)26/h3-8,13-14,19H,9-12,15H2,1-2H3,(H,27,29). The first-order valence-electron chi connectivity index (χ1n) is 10.3. The molecule has 0 bridgehead atoms. The van der Waals surface area contributed by atoms with Gasteiger partial charge in [0.05, 0.1) is 0 Å². The van der Waals surface area contributed by atoms with Crippen LogP contribution in [0, 0.1) is 6.92 Å². The molecule has 6 heteroatoms. The SMILES string of the molecule is Cc1c[nH]c(=O)c2ccc(OC3CCN(Cc4ccc(C(C)(F)F)cc4)CC3)cc12. The summed E-state index contributed by atoms with van der Waals surface area (Å²) in [6.07, 6.45) is 3.65. The number of H-pyrrole nitrogens is 1. The van der Waals surface area contributed by atoms with E-state index in [0.29, 0.717) is 5.39 Å². The van der Waals surface area contributed by atoms with Gasteiger partial charge in [0.15, 0.2) is 0 Å². The predicted molar refractivity (Wildman–Crippen MR) is 114 cm³/mol. The fraction of sp³-hybridized carbons (Fsp3) is 0.375. The van der Waals surface area contributed by atoms with E-state index in [1.807, 2.05) is 25.1 Å². The van der Waals surface area contributed by atoms with Gasteiger partial charge >= 0.3 is 0 Å². The first kappa shape index (κ1) is 20.5. The number of hydrogen-bond acceptors (Lipinski definition) is 3. The van der Waals surface area contributed by atoms with E-state index < -0.39 is 5.92 Å². The van der Waals surface area contributed by atoms with Crippen molar-refractivity contribution in [2.75, 3.05) is 13.1 Å². The van der Waals surface area contributed by atoms with Gasteiger partial charge in [-0.1, -0.05) is 24.3 Å². The number of hydrogen-bond donors (Lipinski definition) is 1. The summed E-state index contributed by atoms with van der Waals surface area (Å²) in [7, 11) is 0. The van der Waals surface area contributed by atoms with Crippen molar-refractivity contribution < 1.29 is 13.5 Å². The molecule has 0 spiro atoms. The van der Waals surface area contributed by atoms with Gasteiger partial charge in [-0.05, 0) is 54.5 Å². The number of nitrogens with one attached hydrogen (secondary N) is 1. The highest BCUT2D eigenvalue weighted by atomic mass is 19.3. The van der Waals surface area contributed by atoms with Gasteiger partial charge in [0.1, 0.15) is 11.9 Å². The molecule has 1 saturated heterocycles. The highest BCUT2D eigenvalue weighted by Gasteiger charge is 2.24. The number of aromatic amines is 1. The third-order valence-corrected chi connectivity index (χ3v) is 5.78. The molecule has 1 N–H and O–H groups in total. The van der Waals surface area contributed by atoms with Crippen LogP contribution in [0.25, 0.3) is 10.8 Å². The zero-order valence-electron chi connectivity index (χ0n) is 17.3. The van der Waals surface area contributed by atoms with Gasteiger partial charge in [0, 0.05) is 43.7 Å². The maximum absolute atomic E-state index is 13.4. The van der Waals surface area contributed by atoms with E-state index >= 15 is 0 Å². The molecule has 0 amide bonds. The maximum atomic E-state index is 13.4. The van der Waals surface area contributed by atoms with Crippen molar-refractivity contribution in [1.82, 2.24) is 9.88 Å². The van der Waals surface area contributed by atoms with E-state index in [-0.39, 0.29) is 17.2 Å². The number of aromatic nitrogens is 1. The number of piperidine rings is 1. The third-order valence-electron chi connectivity index (χ3n) is 5.78. The number of aryl methyl sites for hydroxylation is 1. The van der Waals surface area contributed by atoms with E-state index in [0.717, 1.165) is 61.7 Å². The second kappa shape index (κ2) is 8.19. The number of rotatable bonds is 5. The zero-order chi connectivity index (χ0) is 21.3. The van der Waals surface area contributed by atoms with Crippen LogP contribution in [-0.2, 0) is 12.5 Å². The molecule has 1 fully saturated rings. The predicted octanol–water partition coefficient (Wildman–Crippen LogP) is 4.99. The summed E-state index contributed by atoms with van der Waals surface area (Å²) in [6, 6.07) is 12.2. The summed E-state index contributed by atoms with van der Waals surface area (Å²) in [5.41, 5.74) is 2.01. The van der Waals surface area contributed by atoms with Crippen molar-refractivity contribution >= 4 is 10.8 Å². The van der Waals surface area contributed by atoms with Gasteiger partial charge in [0.2, 0.25) is 0 Å². The highest BCUT2D eigenvalue weighted by molar-refractivity contribution is 5.85. The molecule has 4 rings (SSSR count). The average molecular weight is 412 g/mol. The molecule has 0 atom stereocenters. The van der Waals surface area contributed by atoms with Crippen molar-refractivity contribution in [3.63, 3.8) is 0 Å². The topological polar surface area (TPSA) is 45.3 Å². The fourth-order valence-electron chi connectivity index (χ4n) is 3.99. The molecule has 1 aliphatic rings. The van der Waals surface area contributed by atoms with E-state index in [1.54, 1.807) is 18.3 Å². The minimum absolute atomic E-state index is 0.0472. The number of likely N-dealkylation sites (tertiary alicyclic amines) is 1. The van der Waals surface area contributed by atoms with E-state index in [1.165, 1.54) is 12.1 Å². The Balaban J connectivity index is 1.34. The molecule has 0 radical (unpaired) electrons. The Labute approximate surface area is 174 Å². The van der Waals surface area contributed by atoms with Gasteiger partial charge < -0.3 is 9.72 Å². The Morgan fingerprint density at radius 2 is 1.80 bits per heavy atom. The molecule has 2 heterocycles. The molecule has 1 aliphatic heterocycles. The Morgan fingerprint density at radius 3 is 2.47 bits per heavy atom. The van der Waals surface area contributed by atoms with E-state index in [9.17, 15) is 13.6 Å². The van der Waals surface area contributed by atoms with Crippen molar-refractivity contribution in [2.45, 2.75) is 45.3 Å². The van der Waals surface area contributed by atoms with Crippen LogP contribution in [0.2, 0.25) is 0 Å². The molecule has 1 aromatic heterocycles. The van der Waals surface area contributed by atoms with Crippen LogP contribution in [0.4, 0.5) is 8.78 Å². The molecule has 3 aromatic rings. The first-order valence-corrected chi connectivity index (χ1v) is 10.3. The second-order valence-corrected chi connectivity index (χ2v) is 8.19. The summed E-state index contributed by atoms with van der Waals surface area (Å²) < 4.78 is 32.9. The zero-order valence-corrected chi connectivity index (χ0v) is 17.3. The highest BCUT2D eigenvalue weighted by Crippen LogP contribution is 2.28. The lowest BCUT2D eigenvalue weighted by Crippen LogP contribution is -2.37. The van der Waals surface area contributed by atoms with Crippen LogP contribution in [0.3, 0.4) is 0 Å². The summed E-state index contributed by atoms with van der Waals surface area (Å²) in [5.74, 6) is -2.02. The molecular formula is C24H26F2N2O2.